The third-order valence-corrected chi connectivity index (χ3v) is 4.48. The Hall–Kier alpha value is -1.98. The molecule has 0 saturated carbocycles. The Balaban J connectivity index is 0.00000280. The van der Waals surface area contributed by atoms with E-state index in [1.54, 1.807) is 12.4 Å². The molecule has 3 rings (SSSR count). The van der Waals surface area contributed by atoms with Crippen LogP contribution in [0, 0.1) is 0 Å². The summed E-state index contributed by atoms with van der Waals surface area (Å²) in [5, 5.41) is 7.43. The van der Waals surface area contributed by atoms with Gasteiger partial charge < -0.3 is 19.6 Å². The molecule has 154 valence electrons. The first-order chi connectivity index (χ1) is 13.2. The lowest BCUT2D eigenvalue weighted by molar-refractivity contribution is 0.362. The van der Waals surface area contributed by atoms with E-state index in [0.29, 0.717) is 11.8 Å². The number of aromatic nitrogens is 4. The molecule has 1 saturated heterocycles. The van der Waals surface area contributed by atoms with Gasteiger partial charge in [0.05, 0.1) is 0 Å². The highest BCUT2D eigenvalue weighted by Gasteiger charge is 2.21. The fourth-order valence-corrected chi connectivity index (χ4v) is 2.95. The Morgan fingerprint density at radius 1 is 1.21 bits per heavy atom. The van der Waals surface area contributed by atoms with Crippen LogP contribution in [0.15, 0.2) is 28.0 Å². The summed E-state index contributed by atoms with van der Waals surface area (Å²) in [5.41, 5.74) is 0. The highest BCUT2D eigenvalue weighted by Crippen LogP contribution is 2.11. The minimum atomic E-state index is 0. The number of piperazine rings is 1. The number of hydrogen-bond donors (Lipinski definition) is 1. The number of guanidine groups is 1. The second kappa shape index (κ2) is 11.1. The van der Waals surface area contributed by atoms with Crippen LogP contribution in [0.25, 0.3) is 0 Å². The standard InChI is InChI=1S/C18H28N8O.HI/c1-14(2)16-23-15(27-24-16)6-4-7-20-17(19-3)25-10-12-26(13-11-25)18-21-8-5-9-22-18;/h5,8-9,14H,4,6-7,10-13H2,1-3H3,(H,19,20);1H. The smallest absolute Gasteiger partial charge is 0.226 e. The second-order valence-electron chi connectivity index (χ2n) is 6.80. The zero-order valence-electron chi connectivity index (χ0n) is 16.7. The molecule has 0 atom stereocenters. The molecule has 1 aliphatic heterocycles. The van der Waals surface area contributed by atoms with Crippen LogP contribution in [0.1, 0.15) is 37.9 Å². The minimum absolute atomic E-state index is 0. The van der Waals surface area contributed by atoms with Gasteiger partial charge in [0.25, 0.3) is 0 Å². The molecule has 0 radical (unpaired) electrons. The zero-order valence-corrected chi connectivity index (χ0v) is 19.0. The van der Waals surface area contributed by atoms with Gasteiger partial charge in [-0.15, -0.1) is 24.0 Å². The van der Waals surface area contributed by atoms with Gasteiger partial charge in [-0.3, -0.25) is 4.99 Å². The topological polar surface area (TPSA) is 95.6 Å². The number of nitrogens with one attached hydrogen (secondary N) is 1. The molecule has 1 aliphatic rings. The number of anilines is 1. The van der Waals surface area contributed by atoms with Gasteiger partial charge in [-0.05, 0) is 12.5 Å². The molecule has 2 aromatic rings. The summed E-state index contributed by atoms with van der Waals surface area (Å²) in [6, 6.07) is 1.84. The Morgan fingerprint density at radius 2 is 1.93 bits per heavy atom. The Bertz CT molecular complexity index is 728. The van der Waals surface area contributed by atoms with E-state index in [1.165, 1.54) is 0 Å². The van der Waals surface area contributed by atoms with E-state index in [4.69, 9.17) is 4.52 Å². The van der Waals surface area contributed by atoms with E-state index >= 15 is 0 Å². The lowest BCUT2D eigenvalue weighted by Crippen LogP contribution is -2.53. The summed E-state index contributed by atoms with van der Waals surface area (Å²) in [6.07, 6.45) is 5.24. The van der Waals surface area contributed by atoms with Gasteiger partial charge in [0.2, 0.25) is 11.8 Å². The van der Waals surface area contributed by atoms with Gasteiger partial charge >= 0.3 is 0 Å². The van der Waals surface area contributed by atoms with Crippen molar-refractivity contribution in [2.24, 2.45) is 4.99 Å². The van der Waals surface area contributed by atoms with Gasteiger partial charge in [-0.25, -0.2) is 9.97 Å². The molecule has 9 nitrogen and oxygen atoms in total. The van der Waals surface area contributed by atoms with Crippen molar-refractivity contribution >= 4 is 35.9 Å². The monoisotopic (exact) mass is 500 g/mol. The average Bonchev–Trinajstić information content (AvgIpc) is 3.18. The molecule has 28 heavy (non-hydrogen) atoms. The van der Waals surface area contributed by atoms with Crippen LogP contribution in [0.5, 0.6) is 0 Å². The normalized spacial score (nSPS) is 14.9. The molecular weight excluding hydrogens is 471 g/mol. The molecule has 0 amide bonds. The quantitative estimate of drug-likeness (QED) is 0.278. The van der Waals surface area contributed by atoms with Crippen molar-refractivity contribution in [1.29, 1.82) is 0 Å². The third kappa shape index (κ3) is 6.01. The van der Waals surface area contributed by atoms with Crippen molar-refractivity contribution in [2.45, 2.75) is 32.6 Å². The van der Waals surface area contributed by atoms with Crippen molar-refractivity contribution in [1.82, 2.24) is 30.3 Å². The lowest BCUT2D eigenvalue weighted by Gasteiger charge is -2.36. The number of nitrogens with zero attached hydrogens (tertiary/aromatic N) is 7. The second-order valence-corrected chi connectivity index (χ2v) is 6.80. The lowest BCUT2D eigenvalue weighted by atomic mass is 10.2. The van der Waals surface area contributed by atoms with E-state index in [9.17, 15) is 0 Å². The third-order valence-electron chi connectivity index (χ3n) is 4.48. The van der Waals surface area contributed by atoms with E-state index in [0.717, 1.165) is 63.3 Å². The first kappa shape index (κ1) is 22.3. The van der Waals surface area contributed by atoms with Gasteiger partial charge in [0, 0.05) is 64.5 Å². The molecule has 0 aromatic carbocycles. The number of halogens is 1. The molecule has 1 N–H and O–H groups in total. The first-order valence-corrected chi connectivity index (χ1v) is 9.47. The molecule has 1 fully saturated rings. The molecule has 2 aromatic heterocycles. The summed E-state index contributed by atoms with van der Waals surface area (Å²) >= 11 is 0. The predicted octanol–water partition coefficient (Wildman–Crippen LogP) is 1.93. The predicted molar refractivity (Wildman–Crippen MR) is 119 cm³/mol. The molecule has 0 aliphatic carbocycles. The molecule has 0 bridgehead atoms. The van der Waals surface area contributed by atoms with E-state index in [-0.39, 0.29) is 24.0 Å². The van der Waals surface area contributed by atoms with Crippen molar-refractivity contribution < 1.29 is 4.52 Å². The van der Waals surface area contributed by atoms with Crippen LogP contribution >= 0.6 is 24.0 Å². The highest BCUT2D eigenvalue weighted by molar-refractivity contribution is 14.0. The molecule has 3 heterocycles. The SMILES string of the molecule is CN=C(NCCCc1nc(C(C)C)no1)N1CCN(c2ncccn2)CC1.I. The summed E-state index contributed by atoms with van der Waals surface area (Å²) < 4.78 is 5.28. The first-order valence-electron chi connectivity index (χ1n) is 9.47. The van der Waals surface area contributed by atoms with Crippen LogP contribution < -0.4 is 10.2 Å². The number of aliphatic imine (C=N–C) groups is 1. The van der Waals surface area contributed by atoms with Gasteiger partial charge in [0.1, 0.15) is 0 Å². The maximum Gasteiger partial charge on any atom is 0.226 e. The van der Waals surface area contributed by atoms with Crippen molar-refractivity contribution in [3.63, 3.8) is 0 Å². The minimum Gasteiger partial charge on any atom is -0.356 e. The zero-order chi connectivity index (χ0) is 19.1. The van der Waals surface area contributed by atoms with Crippen LogP contribution in [0.3, 0.4) is 0 Å². The maximum atomic E-state index is 5.28. The molecule has 0 spiro atoms. The summed E-state index contributed by atoms with van der Waals surface area (Å²) in [7, 11) is 1.82. The molecule has 10 heteroatoms. The van der Waals surface area contributed by atoms with Gasteiger partial charge in [-0.2, -0.15) is 4.98 Å². The Morgan fingerprint density at radius 3 is 2.54 bits per heavy atom. The average molecular weight is 500 g/mol. The van der Waals surface area contributed by atoms with Crippen LogP contribution in [-0.4, -0.2) is 70.7 Å². The van der Waals surface area contributed by atoms with Crippen molar-refractivity contribution in [3.8, 4) is 0 Å². The fourth-order valence-electron chi connectivity index (χ4n) is 2.95. The Labute approximate surface area is 183 Å². The largest absolute Gasteiger partial charge is 0.356 e. The van der Waals surface area contributed by atoms with Crippen LogP contribution in [0.2, 0.25) is 0 Å². The van der Waals surface area contributed by atoms with E-state index < -0.39 is 0 Å². The van der Waals surface area contributed by atoms with E-state index in [1.807, 2.05) is 13.1 Å². The number of aryl methyl sites for hydroxylation is 1. The summed E-state index contributed by atoms with van der Waals surface area (Å²) in [4.78, 5) is 21.9. The van der Waals surface area contributed by atoms with Crippen LogP contribution in [-0.2, 0) is 6.42 Å². The maximum absolute atomic E-state index is 5.28. The summed E-state index contributed by atoms with van der Waals surface area (Å²) in [6.45, 7) is 8.47. The van der Waals surface area contributed by atoms with Gasteiger partial charge in [0.15, 0.2) is 11.8 Å². The number of hydrogen-bond acceptors (Lipinski definition) is 7. The van der Waals surface area contributed by atoms with Crippen LogP contribution in [0.4, 0.5) is 5.95 Å². The van der Waals surface area contributed by atoms with Gasteiger partial charge in [-0.1, -0.05) is 19.0 Å². The van der Waals surface area contributed by atoms with E-state index in [2.05, 4.69) is 54.1 Å². The number of rotatable bonds is 6. The Kier molecular flexibility index (Phi) is 8.87. The molecular formula is C18H29IN8O. The highest BCUT2D eigenvalue weighted by atomic mass is 127. The van der Waals surface area contributed by atoms with Crippen molar-refractivity contribution in [2.75, 3.05) is 44.7 Å². The molecule has 0 unspecified atom stereocenters. The summed E-state index contributed by atoms with van der Waals surface area (Å²) in [5.74, 6) is 3.48. The van der Waals surface area contributed by atoms with Crippen molar-refractivity contribution in [3.05, 3.63) is 30.2 Å². The fraction of sp³-hybridized carbons (Fsp3) is 0.611.